The van der Waals surface area contributed by atoms with Gasteiger partial charge in [-0.2, -0.15) is 5.10 Å². The van der Waals surface area contributed by atoms with Crippen LogP contribution in [0.4, 0.5) is 8.78 Å². The van der Waals surface area contributed by atoms with Crippen molar-refractivity contribution >= 4 is 0 Å². The molecule has 0 aliphatic rings. The van der Waals surface area contributed by atoms with E-state index in [1.165, 1.54) is 0 Å². The number of nitrogens with one attached hydrogen (secondary N) is 1. The third kappa shape index (κ3) is 3.10. The van der Waals surface area contributed by atoms with E-state index in [4.69, 9.17) is 0 Å². The summed E-state index contributed by atoms with van der Waals surface area (Å²) in [6.07, 6.45) is -0.526. The minimum atomic E-state index is -2.31. The normalized spacial score (nSPS) is 13.6. The van der Waals surface area contributed by atoms with E-state index >= 15 is 0 Å². The summed E-state index contributed by atoms with van der Waals surface area (Å²) < 4.78 is 25.3. The Kier molecular flexibility index (Phi) is 3.36. The van der Waals surface area contributed by atoms with E-state index in [1.807, 2.05) is 13.0 Å². The van der Waals surface area contributed by atoms with Crippen LogP contribution in [-0.2, 0) is 7.05 Å². The van der Waals surface area contributed by atoms with E-state index in [0.717, 1.165) is 5.69 Å². The molecule has 1 rings (SSSR count). The summed E-state index contributed by atoms with van der Waals surface area (Å²) in [7, 11) is 1.79. The SMILES string of the molecule is C[C@H](NCC(F)F)c1ccn(C)n1. The molecule has 0 aliphatic carbocycles. The van der Waals surface area contributed by atoms with Gasteiger partial charge in [-0.3, -0.25) is 4.68 Å². The molecule has 1 N–H and O–H groups in total. The van der Waals surface area contributed by atoms with Crippen molar-refractivity contribution in [2.45, 2.75) is 19.4 Å². The Labute approximate surface area is 75.7 Å². The van der Waals surface area contributed by atoms with Crippen molar-refractivity contribution in [2.75, 3.05) is 6.54 Å². The molecule has 0 bridgehead atoms. The molecule has 13 heavy (non-hydrogen) atoms. The molecule has 1 aromatic heterocycles. The van der Waals surface area contributed by atoms with Gasteiger partial charge in [-0.1, -0.05) is 0 Å². The Morgan fingerprint density at radius 2 is 2.31 bits per heavy atom. The summed E-state index contributed by atoms with van der Waals surface area (Å²) in [5, 5.41) is 6.78. The number of aryl methyl sites for hydroxylation is 1. The van der Waals surface area contributed by atoms with Gasteiger partial charge < -0.3 is 5.32 Å². The summed E-state index contributed by atoms with van der Waals surface area (Å²) in [5.74, 6) is 0. The molecule has 0 radical (unpaired) electrons. The van der Waals surface area contributed by atoms with Gasteiger partial charge in [0, 0.05) is 19.3 Å². The molecule has 74 valence electrons. The molecule has 1 aromatic rings. The minimum Gasteiger partial charge on any atom is -0.303 e. The van der Waals surface area contributed by atoms with Crippen LogP contribution >= 0.6 is 0 Å². The third-order valence-corrected chi connectivity index (χ3v) is 1.76. The molecule has 0 aliphatic heterocycles. The monoisotopic (exact) mass is 189 g/mol. The lowest BCUT2D eigenvalue weighted by Gasteiger charge is -2.10. The molecular formula is C8H13F2N3. The predicted octanol–water partition coefficient (Wildman–Crippen LogP) is 1.34. The first-order valence-corrected chi connectivity index (χ1v) is 4.10. The van der Waals surface area contributed by atoms with Crippen LogP contribution in [-0.4, -0.2) is 22.8 Å². The Morgan fingerprint density at radius 1 is 1.62 bits per heavy atom. The predicted molar refractivity (Wildman–Crippen MR) is 45.6 cm³/mol. The van der Waals surface area contributed by atoms with Crippen molar-refractivity contribution in [2.24, 2.45) is 7.05 Å². The second-order valence-corrected chi connectivity index (χ2v) is 2.94. The first-order valence-electron chi connectivity index (χ1n) is 4.10. The number of hydrogen-bond acceptors (Lipinski definition) is 2. The summed E-state index contributed by atoms with van der Waals surface area (Å²) >= 11 is 0. The molecule has 0 amide bonds. The molecule has 0 saturated heterocycles. The van der Waals surface area contributed by atoms with Gasteiger partial charge in [-0.05, 0) is 13.0 Å². The second-order valence-electron chi connectivity index (χ2n) is 2.94. The molecular weight excluding hydrogens is 176 g/mol. The topological polar surface area (TPSA) is 29.9 Å². The van der Waals surface area contributed by atoms with Gasteiger partial charge in [0.1, 0.15) is 0 Å². The summed E-state index contributed by atoms with van der Waals surface area (Å²) in [6, 6.07) is 1.68. The largest absolute Gasteiger partial charge is 0.303 e. The third-order valence-electron chi connectivity index (χ3n) is 1.76. The summed E-state index contributed by atoms with van der Waals surface area (Å²) in [4.78, 5) is 0. The molecule has 0 aromatic carbocycles. The van der Waals surface area contributed by atoms with Crippen LogP contribution in [0.1, 0.15) is 18.7 Å². The Balaban J connectivity index is 2.44. The van der Waals surface area contributed by atoms with Crippen molar-refractivity contribution in [1.29, 1.82) is 0 Å². The second kappa shape index (κ2) is 4.32. The zero-order valence-electron chi connectivity index (χ0n) is 7.67. The fourth-order valence-electron chi connectivity index (χ4n) is 1.03. The van der Waals surface area contributed by atoms with Gasteiger partial charge in [0.25, 0.3) is 6.43 Å². The maximum atomic E-state index is 11.8. The van der Waals surface area contributed by atoms with Gasteiger partial charge in [0.15, 0.2) is 0 Å². The van der Waals surface area contributed by atoms with Gasteiger partial charge in [0.05, 0.1) is 12.2 Å². The number of halogens is 2. The maximum absolute atomic E-state index is 11.8. The Bertz CT molecular complexity index is 260. The number of nitrogens with zero attached hydrogens (tertiary/aromatic N) is 2. The van der Waals surface area contributed by atoms with Crippen molar-refractivity contribution in [1.82, 2.24) is 15.1 Å². The number of rotatable bonds is 4. The fourth-order valence-corrected chi connectivity index (χ4v) is 1.03. The fraction of sp³-hybridized carbons (Fsp3) is 0.625. The van der Waals surface area contributed by atoms with E-state index in [0.29, 0.717) is 0 Å². The van der Waals surface area contributed by atoms with Crippen LogP contribution in [0, 0.1) is 0 Å². The van der Waals surface area contributed by atoms with Crippen molar-refractivity contribution < 1.29 is 8.78 Å². The zero-order chi connectivity index (χ0) is 9.84. The first kappa shape index (κ1) is 10.1. The van der Waals surface area contributed by atoms with E-state index in [2.05, 4.69) is 10.4 Å². The minimum absolute atomic E-state index is 0.129. The number of alkyl halides is 2. The van der Waals surface area contributed by atoms with E-state index < -0.39 is 6.43 Å². The highest BCUT2D eigenvalue weighted by Crippen LogP contribution is 2.08. The van der Waals surface area contributed by atoms with Crippen LogP contribution in [0.3, 0.4) is 0 Å². The Morgan fingerprint density at radius 3 is 2.77 bits per heavy atom. The quantitative estimate of drug-likeness (QED) is 0.774. The molecule has 5 heteroatoms. The van der Waals surface area contributed by atoms with Crippen LogP contribution in [0.25, 0.3) is 0 Å². The van der Waals surface area contributed by atoms with Gasteiger partial charge >= 0.3 is 0 Å². The maximum Gasteiger partial charge on any atom is 0.250 e. The summed E-state index contributed by atoms with van der Waals surface area (Å²) in [5.41, 5.74) is 0.781. The van der Waals surface area contributed by atoms with Gasteiger partial charge in [-0.15, -0.1) is 0 Å². The lowest BCUT2D eigenvalue weighted by atomic mass is 10.2. The average molecular weight is 189 g/mol. The molecule has 0 unspecified atom stereocenters. The van der Waals surface area contributed by atoms with Gasteiger partial charge in [-0.25, -0.2) is 8.78 Å². The highest BCUT2D eigenvalue weighted by Gasteiger charge is 2.10. The highest BCUT2D eigenvalue weighted by atomic mass is 19.3. The molecule has 1 atom stereocenters. The van der Waals surface area contributed by atoms with Crippen LogP contribution < -0.4 is 5.32 Å². The van der Waals surface area contributed by atoms with Crippen molar-refractivity contribution in [3.05, 3.63) is 18.0 Å². The first-order chi connectivity index (χ1) is 6.09. The molecule has 0 fully saturated rings. The number of aromatic nitrogens is 2. The molecule has 0 saturated carbocycles. The van der Waals surface area contributed by atoms with E-state index in [9.17, 15) is 8.78 Å². The molecule has 3 nitrogen and oxygen atoms in total. The smallest absolute Gasteiger partial charge is 0.250 e. The van der Waals surface area contributed by atoms with E-state index in [-0.39, 0.29) is 12.6 Å². The van der Waals surface area contributed by atoms with Gasteiger partial charge in [0.2, 0.25) is 0 Å². The van der Waals surface area contributed by atoms with Crippen LogP contribution in [0.2, 0.25) is 0 Å². The van der Waals surface area contributed by atoms with Crippen molar-refractivity contribution in [3.8, 4) is 0 Å². The average Bonchev–Trinajstić information content (AvgIpc) is 2.47. The van der Waals surface area contributed by atoms with Crippen molar-refractivity contribution in [3.63, 3.8) is 0 Å². The molecule has 0 spiro atoms. The van der Waals surface area contributed by atoms with Crippen LogP contribution in [0.15, 0.2) is 12.3 Å². The standard InChI is InChI=1S/C8H13F2N3/c1-6(11-5-8(9)10)7-3-4-13(2)12-7/h3-4,6,8,11H,5H2,1-2H3/t6-/m0/s1. The number of hydrogen-bond donors (Lipinski definition) is 1. The highest BCUT2D eigenvalue weighted by molar-refractivity contribution is 5.03. The van der Waals surface area contributed by atoms with E-state index in [1.54, 1.807) is 17.9 Å². The lowest BCUT2D eigenvalue weighted by Crippen LogP contribution is -2.24. The summed E-state index contributed by atoms with van der Waals surface area (Å²) in [6.45, 7) is 1.52. The zero-order valence-corrected chi connectivity index (χ0v) is 7.67. The Hall–Kier alpha value is -0.970. The lowest BCUT2D eigenvalue weighted by molar-refractivity contribution is 0.142. The molecule has 1 heterocycles. The van der Waals surface area contributed by atoms with Crippen LogP contribution in [0.5, 0.6) is 0 Å².